The number of anilines is 2. The van der Waals surface area contributed by atoms with Gasteiger partial charge in [0, 0.05) is 48.0 Å². The molecule has 0 saturated carbocycles. The molecule has 0 spiro atoms. The van der Waals surface area contributed by atoms with Gasteiger partial charge in [-0.3, -0.25) is 9.59 Å². The lowest BCUT2D eigenvalue weighted by Crippen LogP contribution is -2.43. The second-order valence-corrected chi connectivity index (χ2v) is 10.0. The van der Waals surface area contributed by atoms with Crippen molar-refractivity contribution >= 4 is 47.2 Å². The van der Waals surface area contributed by atoms with Crippen molar-refractivity contribution in [2.24, 2.45) is 0 Å². The van der Waals surface area contributed by atoms with Crippen LogP contribution in [0.15, 0.2) is 66.7 Å². The average molecular weight is 542 g/mol. The molecule has 3 aromatic carbocycles. The van der Waals surface area contributed by atoms with E-state index in [9.17, 15) is 9.59 Å². The van der Waals surface area contributed by atoms with Gasteiger partial charge in [-0.15, -0.1) is 12.4 Å². The Morgan fingerprint density at radius 2 is 1.65 bits per heavy atom. The summed E-state index contributed by atoms with van der Waals surface area (Å²) in [4.78, 5) is 28.8. The molecule has 2 N–H and O–H groups in total. The standard InChI is InChI=1S/C29H33ClN4O2.ClH/c1-19-17-27(32-25-12-10-24(30)11-13-25)26-18-23(9-14-28(26)34(19)20(2)35)21-5-7-22(8-6-21)29(36)31-15-16-33(3)4;/h5-14,18-19,27,32H,15-17H2,1-4H3,(H,31,36);1H/t19-,27+;/m0./s1. The van der Waals surface area contributed by atoms with E-state index in [2.05, 4.69) is 23.6 Å². The molecule has 196 valence electrons. The monoisotopic (exact) mass is 540 g/mol. The number of nitrogens with one attached hydrogen (secondary N) is 2. The van der Waals surface area contributed by atoms with E-state index in [1.807, 2.05) is 84.6 Å². The summed E-state index contributed by atoms with van der Waals surface area (Å²) in [5, 5.41) is 7.27. The number of likely N-dealkylation sites (N-methyl/N-ethyl adjacent to an activating group) is 1. The zero-order valence-electron chi connectivity index (χ0n) is 21.6. The van der Waals surface area contributed by atoms with Crippen LogP contribution in [0.2, 0.25) is 5.02 Å². The third kappa shape index (κ3) is 6.83. The lowest BCUT2D eigenvalue weighted by atomic mass is 9.88. The fourth-order valence-corrected chi connectivity index (χ4v) is 4.84. The van der Waals surface area contributed by atoms with Crippen molar-refractivity contribution in [1.82, 2.24) is 10.2 Å². The van der Waals surface area contributed by atoms with Gasteiger partial charge < -0.3 is 20.4 Å². The van der Waals surface area contributed by atoms with Crippen LogP contribution in [0.3, 0.4) is 0 Å². The number of carbonyl (C=O) groups is 2. The first-order chi connectivity index (χ1) is 17.2. The quantitative estimate of drug-likeness (QED) is 0.384. The highest BCUT2D eigenvalue weighted by Gasteiger charge is 2.32. The Morgan fingerprint density at radius 3 is 2.27 bits per heavy atom. The molecule has 3 aromatic rings. The Morgan fingerprint density at radius 1 is 1.00 bits per heavy atom. The van der Waals surface area contributed by atoms with Crippen molar-refractivity contribution < 1.29 is 9.59 Å². The van der Waals surface area contributed by atoms with Crippen LogP contribution in [-0.2, 0) is 4.79 Å². The predicted molar refractivity (Wildman–Crippen MR) is 155 cm³/mol. The zero-order chi connectivity index (χ0) is 25.8. The Balaban J connectivity index is 0.00000380. The fraction of sp³-hybridized carbons (Fsp3) is 0.310. The van der Waals surface area contributed by atoms with E-state index in [1.165, 1.54) is 0 Å². The molecule has 6 nitrogen and oxygen atoms in total. The van der Waals surface area contributed by atoms with Gasteiger partial charge in [-0.25, -0.2) is 0 Å². The summed E-state index contributed by atoms with van der Waals surface area (Å²) in [6.07, 6.45) is 0.782. The Bertz CT molecular complexity index is 1230. The number of rotatable bonds is 7. The van der Waals surface area contributed by atoms with Crippen LogP contribution >= 0.6 is 24.0 Å². The van der Waals surface area contributed by atoms with Crippen molar-refractivity contribution in [1.29, 1.82) is 0 Å². The maximum Gasteiger partial charge on any atom is 0.251 e. The normalized spacial score (nSPS) is 16.5. The van der Waals surface area contributed by atoms with Crippen LogP contribution in [0.25, 0.3) is 11.1 Å². The Hall–Kier alpha value is -3.06. The molecule has 2 amide bonds. The summed E-state index contributed by atoms with van der Waals surface area (Å²) in [6.45, 7) is 5.09. The number of hydrogen-bond acceptors (Lipinski definition) is 4. The highest BCUT2D eigenvalue weighted by molar-refractivity contribution is 6.30. The number of fused-ring (bicyclic) bond motifs is 1. The third-order valence-corrected chi connectivity index (χ3v) is 6.78. The molecule has 8 heteroatoms. The third-order valence-electron chi connectivity index (χ3n) is 6.53. The minimum absolute atomic E-state index is 0. The number of nitrogens with zero attached hydrogens (tertiary/aromatic N) is 2. The molecule has 0 bridgehead atoms. The number of hydrogen-bond donors (Lipinski definition) is 2. The summed E-state index contributed by atoms with van der Waals surface area (Å²) >= 11 is 6.07. The van der Waals surface area contributed by atoms with Crippen molar-refractivity contribution in [3.8, 4) is 11.1 Å². The maximum absolute atomic E-state index is 12.5. The van der Waals surface area contributed by atoms with E-state index >= 15 is 0 Å². The largest absolute Gasteiger partial charge is 0.378 e. The molecule has 0 aliphatic carbocycles. The molecule has 1 aliphatic rings. The fourth-order valence-electron chi connectivity index (χ4n) is 4.72. The molecule has 0 saturated heterocycles. The minimum atomic E-state index is -0.0767. The molecular formula is C29H34Cl2N4O2. The topological polar surface area (TPSA) is 64.7 Å². The van der Waals surface area contributed by atoms with Crippen LogP contribution in [0.4, 0.5) is 11.4 Å². The predicted octanol–water partition coefficient (Wildman–Crippen LogP) is 6.02. The van der Waals surface area contributed by atoms with E-state index in [0.29, 0.717) is 17.1 Å². The van der Waals surface area contributed by atoms with Gasteiger partial charge in [0.15, 0.2) is 0 Å². The SMILES string of the molecule is CC(=O)N1c2ccc(-c3ccc(C(=O)NCCN(C)C)cc3)cc2[C@H](Nc2ccc(Cl)cc2)C[C@@H]1C.Cl. The first-order valence-electron chi connectivity index (χ1n) is 12.2. The summed E-state index contributed by atoms with van der Waals surface area (Å²) in [5.74, 6) is -0.0433. The molecule has 0 aromatic heterocycles. The molecule has 1 aliphatic heterocycles. The van der Waals surface area contributed by atoms with Crippen LogP contribution in [0.1, 0.15) is 42.2 Å². The zero-order valence-corrected chi connectivity index (χ0v) is 23.2. The second-order valence-electron chi connectivity index (χ2n) is 9.59. The van der Waals surface area contributed by atoms with Crippen molar-refractivity contribution in [2.75, 3.05) is 37.4 Å². The molecule has 2 atom stereocenters. The van der Waals surface area contributed by atoms with Gasteiger partial charge in [-0.2, -0.15) is 0 Å². The number of amides is 2. The van der Waals surface area contributed by atoms with Crippen LogP contribution in [-0.4, -0.2) is 49.9 Å². The summed E-state index contributed by atoms with van der Waals surface area (Å²) in [5.41, 5.74) is 5.66. The van der Waals surface area contributed by atoms with Gasteiger partial charge in [0.05, 0.1) is 6.04 Å². The van der Waals surface area contributed by atoms with E-state index in [1.54, 1.807) is 6.92 Å². The van der Waals surface area contributed by atoms with E-state index in [0.717, 1.165) is 41.0 Å². The van der Waals surface area contributed by atoms with Crippen LogP contribution < -0.4 is 15.5 Å². The second kappa shape index (κ2) is 12.5. The van der Waals surface area contributed by atoms with E-state index in [-0.39, 0.29) is 36.3 Å². The van der Waals surface area contributed by atoms with Gasteiger partial charge in [-0.05, 0) is 92.7 Å². The lowest BCUT2D eigenvalue weighted by molar-refractivity contribution is -0.117. The van der Waals surface area contributed by atoms with Gasteiger partial charge >= 0.3 is 0 Å². The molecule has 4 rings (SSSR count). The smallest absolute Gasteiger partial charge is 0.251 e. The highest BCUT2D eigenvalue weighted by atomic mass is 35.5. The molecule has 0 radical (unpaired) electrons. The van der Waals surface area contributed by atoms with Crippen molar-refractivity contribution in [2.45, 2.75) is 32.4 Å². The minimum Gasteiger partial charge on any atom is -0.378 e. The molecule has 0 unspecified atom stereocenters. The average Bonchev–Trinajstić information content (AvgIpc) is 2.85. The summed E-state index contributed by atoms with van der Waals surface area (Å²) < 4.78 is 0. The first-order valence-corrected chi connectivity index (χ1v) is 12.6. The Labute approximate surface area is 230 Å². The highest BCUT2D eigenvalue weighted by Crippen LogP contribution is 2.41. The first kappa shape index (κ1) is 28.5. The number of halogens is 2. The number of carbonyl (C=O) groups excluding carboxylic acids is 2. The summed E-state index contributed by atoms with van der Waals surface area (Å²) in [7, 11) is 3.96. The molecular weight excluding hydrogens is 507 g/mol. The summed E-state index contributed by atoms with van der Waals surface area (Å²) in [6, 6.07) is 21.6. The van der Waals surface area contributed by atoms with Crippen LogP contribution in [0, 0.1) is 0 Å². The maximum atomic E-state index is 12.5. The van der Waals surface area contributed by atoms with E-state index in [4.69, 9.17) is 11.6 Å². The van der Waals surface area contributed by atoms with Gasteiger partial charge in [0.25, 0.3) is 5.91 Å². The van der Waals surface area contributed by atoms with Crippen LogP contribution in [0.5, 0.6) is 0 Å². The van der Waals surface area contributed by atoms with E-state index < -0.39 is 0 Å². The Kier molecular flexibility index (Phi) is 9.60. The van der Waals surface area contributed by atoms with Crippen molar-refractivity contribution in [3.05, 3.63) is 82.9 Å². The lowest BCUT2D eigenvalue weighted by Gasteiger charge is -2.39. The number of benzene rings is 3. The molecule has 37 heavy (non-hydrogen) atoms. The molecule has 0 fully saturated rings. The van der Waals surface area contributed by atoms with Gasteiger partial charge in [0.1, 0.15) is 0 Å². The van der Waals surface area contributed by atoms with Gasteiger partial charge in [-0.1, -0.05) is 29.8 Å². The van der Waals surface area contributed by atoms with Gasteiger partial charge in [0.2, 0.25) is 5.91 Å². The van der Waals surface area contributed by atoms with Crippen molar-refractivity contribution in [3.63, 3.8) is 0 Å². The molecule has 1 heterocycles.